The number of halogens is 2. The topological polar surface area (TPSA) is 73.3 Å². The maximum atomic E-state index is 12.9. The van der Waals surface area contributed by atoms with Crippen molar-refractivity contribution in [2.45, 2.75) is 26.5 Å². The van der Waals surface area contributed by atoms with Crippen molar-refractivity contribution in [3.05, 3.63) is 50.1 Å². The molecule has 1 aromatic carbocycles. The zero-order chi connectivity index (χ0) is 20.4. The van der Waals surface area contributed by atoms with E-state index in [4.69, 9.17) is 32.7 Å². The molecule has 0 saturated heterocycles. The number of amides is 1. The number of nitrogens with one attached hydrogen (secondary N) is 1. The Kier molecular flexibility index (Phi) is 6.40. The van der Waals surface area contributed by atoms with E-state index in [2.05, 4.69) is 15.3 Å². The normalized spacial score (nSPS) is 12.2. The van der Waals surface area contributed by atoms with Gasteiger partial charge in [0.05, 0.1) is 33.5 Å². The van der Waals surface area contributed by atoms with E-state index in [-0.39, 0.29) is 18.6 Å². The van der Waals surface area contributed by atoms with Crippen LogP contribution in [0.5, 0.6) is 5.88 Å². The van der Waals surface area contributed by atoms with E-state index in [1.54, 1.807) is 26.4 Å². The first-order valence-corrected chi connectivity index (χ1v) is 10.0. The number of aromatic nitrogens is 2. The molecule has 0 aliphatic rings. The van der Waals surface area contributed by atoms with Crippen molar-refractivity contribution in [3.63, 3.8) is 0 Å². The van der Waals surface area contributed by atoms with Gasteiger partial charge in [-0.1, -0.05) is 29.3 Å². The minimum atomic E-state index is -0.246. The molecule has 0 fully saturated rings. The molecule has 0 spiro atoms. The van der Waals surface area contributed by atoms with Crippen LogP contribution in [-0.2, 0) is 11.3 Å². The number of hydrogen-bond donors (Lipinski definition) is 1. The van der Waals surface area contributed by atoms with Crippen molar-refractivity contribution in [1.29, 1.82) is 0 Å². The number of hydrogen-bond acceptors (Lipinski definition) is 6. The number of nitrogens with zero attached hydrogens (tertiary/aromatic N) is 2. The lowest BCUT2D eigenvalue weighted by Crippen LogP contribution is -2.26. The zero-order valence-electron chi connectivity index (χ0n) is 15.8. The summed E-state index contributed by atoms with van der Waals surface area (Å²) in [5.74, 6) is 0.737. The van der Waals surface area contributed by atoms with Crippen molar-refractivity contribution in [2.24, 2.45) is 0 Å². The number of carbonyl (C=O) groups excluding carboxylic acids is 1. The van der Waals surface area contributed by atoms with Crippen LogP contribution in [0.15, 0.2) is 18.2 Å². The Balaban J connectivity index is 1.92. The quantitative estimate of drug-likeness (QED) is 0.587. The summed E-state index contributed by atoms with van der Waals surface area (Å²) < 4.78 is 10.5. The molecule has 0 radical (unpaired) electrons. The minimum Gasteiger partial charge on any atom is -0.480 e. The van der Waals surface area contributed by atoms with Gasteiger partial charge < -0.3 is 14.8 Å². The molecule has 2 aromatic heterocycles. The second-order valence-electron chi connectivity index (χ2n) is 6.19. The molecule has 6 nitrogen and oxygen atoms in total. The van der Waals surface area contributed by atoms with E-state index in [0.29, 0.717) is 31.5 Å². The van der Waals surface area contributed by atoms with Gasteiger partial charge >= 0.3 is 0 Å². The molecule has 3 aromatic rings. The van der Waals surface area contributed by atoms with Crippen molar-refractivity contribution in [1.82, 2.24) is 15.3 Å². The predicted octanol–water partition coefficient (Wildman–Crippen LogP) is 4.95. The standard InChI is InChI=1S/C19H19Cl2N3O3S/c1-9-15-18(27-4)23-14(8-26-3)24-19(15)28-16(9)17(25)22-10(2)11-5-6-12(20)13(21)7-11/h5-7,10H,8H2,1-4H3,(H,22,25). The van der Waals surface area contributed by atoms with Gasteiger partial charge in [-0.15, -0.1) is 11.3 Å². The number of aryl methyl sites for hydroxylation is 1. The third-order valence-electron chi connectivity index (χ3n) is 4.27. The van der Waals surface area contributed by atoms with Crippen molar-refractivity contribution in [2.75, 3.05) is 14.2 Å². The van der Waals surface area contributed by atoms with Gasteiger partial charge in [0.25, 0.3) is 5.91 Å². The maximum Gasteiger partial charge on any atom is 0.262 e. The minimum absolute atomic E-state index is 0.200. The fourth-order valence-corrected chi connectivity index (χ4v) is 4.23. The van der Waals surface area contributed by atoms with Gasteiger partial charge in [-0.3, -0.25) is 4.79 Å². The Morgan fingerprint density at radius 3 is 2.64 bits per heavy atom. The van der Waals surface area contributed by atoms with E-state index in [1.165, 1.54) is 11.3 Å². The Labute approximate surface area is 176 Å². The molecule has 1 unspecified atom stereocenters. The highest BCUT2D eigenvalue weighted by atomic mass is 35.5. The summed E-state index contributed by atoms with van der Waals surface area (Å²) in [4.78, 5) is 23.0. The molecule has 28 heavy (non-hydrogen) atoms. The molecule has 1 atom stereocenters. The monoisotopic (exact) mass is 439 g/mol. The average Bonchev–Trinajstić information content (AvgIpc) is 3.00. The highest BCUT2D eigenvalue weighted by Crippen LogP contribution is 2.35. The van der Waals surface area contributed by atoms with Gasteiger partial charge in [-0.25, -0.2) is 4.98 Å². The zero-order valence-corrected chi connectivity index (χ0v) is 18.1. The fraction of sp³-hybridized carbons (Fsp3) is 0.316. The largest absolute Gasteiger partial charge is 0.480 e. The van der Waals surface area contributed by atoms with Gasteiger partial charge in [0.15, 0.2) is 5.82 Å². The summed E-state index contributed by atoms with van der Waals surface area (Å²) in [6.45, 7) is 4.01. The van der Waals surface area contributed by atoms with E-state index >= 15 is 0 Å². The van der Waals surface area contributed by atoms with Gasteiger partial charge in [0, 0.05) is 7.11 Å². The van der Waals surface area contributed by atoms with Gasteiger partial charge in [-0.05, 0) is 37.1 Å². The van der Waals surface area contributed by atoms with Crippen LogP contribution < -0.4 is 10.1 Å². The van der Waals surface area contributed by atoms with Crippen LogP contribution in [0, 0.1) is 6.92 Å². The van der Waals surface area contributed by atoms with Crippen LogP contribution >= 0.6 is 34.5 Å². The molecule has 1 N–H and O–H groups in total. The number of carbonyl (C=O) groups is 1. The number of benzene rings is 1. The van der Waals surface area contributed by atoms with Crippen LogP contribution in [0.1, 0.15) is 39.6 Å². The lowest BCUT2D eigenvalue weighted by atomic mass is 10.1. The van der Waals surface area contributed by atoms with E-state index in [1.807, 2.05) is 19.9 Å². The highest BCUT2D eigenvalue weighted by molar-refractivity contribution is 7.20. The highest BCUT2D eigenvalue weighted by Gasteiger charge is 2.22. The van der Waals surface area contributed by atoms with Crippen LogP contribution in [0.4, 0.5) is 0 Å². The summed E-state index contributed by atoms with van der Waals surface area (Å²) in [5.41, 5.74) is 1.64. The molecule has 9 heteroatoms. The Morgan fingerprint density at radius 2 is 2.00 bits per heavy atom. The Hall–Kier alpha value is -1.93. The SMILES string of the molecule is COCc1nc(OC)c2c(C)c(C(=O)NC(C)c3ccc(Cl)c(Cl)c3)sc2n1. The van der Waals surface area contributed by atoms with E-state index < -0.39 is 0 Å². The third kappa shape index (κ3) is 4.07. The summed E-state index contributed by atoms with van der Waals surface area (Å²) in [6.07, 6.45) is 0. The van der Waals surface area contributed by atoms with Gasteiger partial charge in [0.2, 0.25) is 5.88 Å². The van der Waals surface area contributed by atoms with Crippen molar-refractivity contribution in [3.8, 4) is 5.88 Å². The number of ether oxygens (including phenoxy) is 2. The summed E-state index contributed by atoms with van der Waals surface area (Å²) in [6, 6.07) is 5.05. The molecule has 2 heterocycles. The number of rotatable bonds is 6. The maximum absolute atomic E-state index is 12.9. The molecule has 0 aliphatic carbocycles. The number of methoxy groups -OCH3 is 2. The molecular formula is C19H19Cl2N3O3S. The molecule has 0 saturated carbocycles. The number of thiophene rings is 1. The number of fused-ring (bicyclic) bond motifs is 1. The first-order valence-electron chi connectivity index (χ1n) is 8.44. The lowest BCUT2D eigenvalue weighted by molar-refractivity contribution is 0.0943. The van der Waals surface area contributed by atoms with E-state index in [9.17, 15) is 4.79 Å². The smallest absolute Gasteiger partial charge is 0.262 e. The average molecular weight is 440 g/mol. The van der Waals surface area contributed by atoms with Gasteiger partial charge in [0.1, 0.15) is 11.4 Å². The fourth-order valence-electron chi connectivity index (χ4n) is 2.83. The molecule has 0 aliphatic heterocycles. The van der Waals surface area contributed by atoms with Crippen molar-refractivity contribution < 1.29 is 14.3 Å². The Bertz CT molecular complexity index is 1040. The van der Waals surface area contributed by atoms with Crippen LogP contribution in [0.25, 0.3) is 10.2 Å². The summed E-state index contributed by atoms with van der Waals surface area (Å²) >= 11 is 13.3. The molecule has 0 bridgehead atoms. The Morgan fingerprint density at radius 1 is 1.25 bits per heavy atom. The lowest BCUT2D eigenvalue weighted by Gasteiger charge is -2.14. The van der Waals surface area contributed by atoms with Gasteiger partial charge in [-0.2, -0.15) is 4.98 Å². The van der Waals surface area contributed by atoms with Crippen molar-refractivity contribution >= 4 is 50.7 Å². The first-order chi connectivity index (χ1) is 13.3. The third-order valence-corrected chi connectivity index (χ3v) is 6.19. The molecular weight excluding hydrogens is 421 g/mol. The predicted molar refractivity (Wildman–Crippen MR) is 112 cm³/mol. The summed E-state index contributed by atoms with van der Waals surface area (Å²) in [7, 11) is 3.12. The summed E-state index contributed by atoms with van der Waals surface area (Å²) in [5, 5.41) is 4.65. The van der Waals surface area contributed by atoms with Crippen LogP contribution in [-0.4, -0.2) is 30.1 Å². The second kappa shape index (κ2) is 8.61. The van der Waals surface area contributed by atoms with Crippen LogP contribution in [0.3, 0.4) is 0 Å². The molecule has 148 valence electrons. The molecule has 3 rings (SSSR count). The van der Waals surface area contributed by atoms with E-state index in [0.717, 1.165) is 16.5 Å². The molecule has 1 amide bonds. The first kappa shape index (κ1) is 20.8. The van der Waals surface area contributed by atoms with Crippen LogP contribution in [0.2, 0.25) is 10.0 Å². The second-order valence-corrected chi connectivity index (χ2v) is 8.00.